The Morgan fingerprint density at radius 3 is 2.88 bits per heavy atom. The van der Waals surface area contributed by atoms with E-state index in [1.807, 2.05) is 0 Å². The fraction of sp³-hybridized carbons (Fsp3) is 0.0909. The van der Waals surface area contributed by atoms with Gasteiger partial charge in [0.05, 0.1) is 4.92 Å². The number of hydrogen-bond acceptors (Lipinski definition) is 4. The Morgan fingerprint density at radius 1 is 1.47 bits per heavy atom. The van der Waals surface area contributed by atoms with Gasteiger partial charge in [0.1, 0.15) is 0 Å². The summed E-state index contributed by atoms with van der Waals surface area (Å²) in [5.74, 6) is 0. The average molecular weight is 231 g/mol. The SMILES string of the molecule is Cc1ncccc1-c1c[nH]c(=O)c([N+](=O)[O-])c1. The molecule has 0 spiro atoms. The highest BCUT2D eigenvalue weighted by Crippen LogP contribution is 2.22. The molecule has 6 heteroatoms. The number of pyridine rings is 2. The second-order valence-electron chi connectivity index (χ2n) is 3.50. The largest absolute Gasteiger partial charge is 0.334 e. The molecule has 2 aromatic heterocycles. The third-order valence-corrected chi connectivity index (χ3v) is 2.40. The Morgan fingerprint density at radius 2 is 2.24 bits per heavy atom. The lowest BCUT2D eigenvalue weighted by Crippen LogP contribution is -2.10. The Labute approximate surface area is 96.1 Å². The van der Waals surface area contributed by atoms with E-state index >= 15 is 0 Å². The zero-order valence-corrected chi connectivity index (χ0v) is 9.01. The van der Waals surface area contributed by atoms with Crippen LogP contribution in [0, 0.1) is 17.0 Å². The summed E-state index contributed by atoms with van der Waals surface area (Å²) in [6.45, 7) is 1.80. The maximum atomic E-state index is 11.2. The number of H-pyrrole nitrogens is 1. The van der Waals surface area contributed by atoms with Crippen molar-refractivity contribution in [1.29, 1.82) is 0 Å². The maximum absolute atomic E-state index is 11.2. The molecule has 2 rings (SSSR count). The molecule has 2 heterocycles. The summed E-state index contributed by atoms with van der Waals surface area (Å²) >= 11 is 0. The number of nitro groups is 1. The van der Waals surface area contributed by atoms with Gasteiger partial charge >= 0.3 is 11.2 Å². The van der Waals surface area contributed by atoms with Crippen LogP contribution in [0.2, 0.25) is 0 Å². The van der Waals surface area contributed by atoms with Gasteiger partial charge in [0.15, 0.2) is 0 Å². The van der Waals surface area contributed by atoms with Gasteiger partial charge in [-0.2, -0.15) is 0 Å². The summed E-state index contributed by atoms with van der Waals surface area (Å²) in [6, 6.07) is 4.78. The maximum Gasteiger partial charge on any atom is 0.334 e. The summed E-state index contributed by atoms with van der Waals surface area (Å²) in [6.07, 6.45) is 3.08. The molecule has 0 fully saturated rings. The Kier molecular flexibility index (Phi) is 2.70. The van der Waals surface area contributed by atoms with Crippen LogP contribution >= 0.6 is 0 Å². The lowest BCUT2D eigenvalue weighted by atomic mass is 10.1. The minimum Gasteiger partial charge on any atom is -0.323 e. The lowest BCUT2D eigenvalue weighted by molar-refractivity contribution is -0.386. The van der Waals surface area contributed by atoms with Gasteiger partial charge in [0, 0.05) is 35.3 Å². The third kappa shape index (κ3) is 2.05. The Bertz CT molecular complexity index is 634. The molecule has 0 saturated heterocycles. The van der Waals surface area contributed by atoms with Gasteiger partial charge in [0.25, 0.3) is 0 Å². The molecule has 86 valence electrons. The van der Waals surface area contributed by atoms with Crippen LogP contribution in [0.1, 0.15) is 5.69 Å². The highest BCUT2D eigenvalue weighted by molar-refractivity contribution is 5.66. The molecule has 2 aromatic rings. The van der Waals surface area contributed by atoms with Gasteiger partial charge in [-0.3, -0.25) is 19.9 Å². The highest BCUT2D eigenvalue weighted by Gasteiger charge is 2.14. The van der Waals surface area contributed by atoms with E-state index in [0.29, 0.717) is 5.56 Å². The predicted octanol–water partition coefficient (Wildman–Crippen LogP) is 1.65. The topological polar surface area (TPSA) is 88.9 Å². The standard InChI is InChI=1S/C11H9N3O3/c1-7-9(3-2-4-12-7)8-5-10(14(16)17)11(15)13-6-8/h2-6H,1H3,(H,13,15). The van der Waals surface area contributed by atoms with Gasteiger partial charge < -0.3 is 4.98 Å². The molecular formula is C11H9N3O3. The molecule has 0 atom stereocenters. The van der Waals surface area contributed by atoms with Gasteiger partial charge in [-0.05, 0) is 13.0 Å². The van der Waals surface area contributed by atoms with Crippen molar-refractivity contribution in [2.45, 2.75) is 6.92 Å². The predicted molar refractivity (Wildman–Crippen MR) is 61.7 cm³/mol. The Balaban J connectivity index is 2.62. The molecule has 0 aliphatic heterocycles. The molecule has 0 aromatic carbocycles. The molecule has 0 aliphatic carbocycles. The summed E-state index contributed by atoms with van der Waals surface area (Å²) in [5.41, 5.74) is 0.897. The van der Waals surface area contributed by atoms with E-state index in [1.165, 1.54) is 12.3 Å². The second-order valence-corrected chi connectivity index (χ2v) is 3.50. The van der Waals surface area contributed by atoms with Crippen molar-refractivity contribution in [3.8, 4) is 11.1 Å². The number of aromatic nitrogens is 2. The van der Waals surface area contributed by atoms with E-state index in [1.54, 1.807) is 25.3 Å². The number of aryl methyl sites for hydroxylation is 1. The molecule has 17 heavy (non-hydrogen) atoms. The van der Waals surface area contributed by atoms with Crippen molar-refractivity contribution >= 4 is 5.69 Å². The second kappa shape index (κ2) is 4.17. The quantitative estimate of drug-likeness (QED) is 0.628. The third-order valence-electron chi connectivity index (χ3n) is 2.40. The van der Waals surface area contributed by atoms with E-state index in [9.17, 15) is 14.9 Å². The number of nitrogens with one attached hydrogen (secondary N) is 1. The lowest BCUT2D eigenvalue weighted by Gasteiger charge is -2.03. The van der Waals surface area contributed by atoms with E-state index in [2.05, 4.69) is 9.97 Å². The minimum absolute atomic E-state index is 0.467. The number of nitrogens with zero attached hydrogens (tertiary/aromatic N) is 2. The van der Waals surface area contributed by atoms with Gasteiger partial charge in [-0.1, -0.05) is 6.07 Å². The summed E-state index contributed by atoms with van der Waals surface area (Å²) < 4.78 is 0. The molecule has 0 unspecified atom stereocenters. The first-order valence-electron chi connectivity index (χ1n) is 4.88. The van der Waals surface area contributed by atoms with E-state index in [-0.39, 0.29) is 0 Å². The van der Waals surface area contributed by atoms with Crippen molar-refractivity contribution in [1.82, 2.24) is 9.97 Å². The molecule has 0 radical (unpaired) electrons. The van der Waals surface area contributed by atoms with Crippen molar-refractivity contribution in [3.05, 3.63) is 56.8 Å². The number of aromatic amines is 1. The van der Waals surface area contributed by atoms with Crippen molar-refractivity contribution in [3.63, 3.8) is 0 Å². The van der Waals surface area contributed by atoms with Crippen molar-refractivity contribution in [2.75, 3.05) is 0 Å². The van der Waals surface area contributed by atoms with Gasteiger partial charge in [0.2, 0.25) is 0 Å². The van der Waals surface area contributed by atoms with Crippen molar-refractivity contribution < 1.29 is 4.92 Å². The summed E-state index contributed by atoms with van der Waals surface area (Å²) in [4.78, 5) is 27.6. The molecule has 6 nitrogen and oxygen atoms in total. The zero-order chi connectivity index (χ0) is 12.4. The zero-order valence-electron chi connectivity index (χ0n) is 9.01. The first kappa shape index (κ1) is 11.0. The van der Waals surface area contributed by atoms with Crippen LogP contribution in [0.4, 0.5) is 5.69 Å². The van der Waals surface area contributed by atoms with Gasteiger partial charge in [-0.25, -0.2) is 0 Å². The Hall–Kier alpha value is -2.50. The van der Waals surface area contributed by atoms with E-state index < -0.39 is 16.2 Å². The molecule has 1 N–H and O–H groups in total. The molecule has 0 amide bonds. The van der Waals surface area contributed by atoms with Crippen LogP contribution in [0.25, 0.3) is 11.1 Å². The van der Waals surface area contributed by atoms with E-state index in [0.717, 1.165) is 11.3 Å². The molecule has 0 aliphatic rings. The first-order valence-corrected chi connectivity index (χ1v) is 4.88. The normalized spacial score (nSPS) is 10.2. The smallest absolute Gasteiger partial charge is 0.323 e. The van der Waals surface area contributed by atoms with Crippen LogP contribution in [0.3, 0.4) is 0 Å². The van der Waals surface area contributed by atoms with E-state index in [4.69, 9.17) is 0 Å². The molecule has 0 bridgehead atoms. The monoisotopic (exact) mass is 231 g/mol. The first-order chi connectivity index (χ1) is 8.09. The van der Waals surface area contributed by atoms with Crippen LogP contribution in [0.5, 0.6) is 0 Å². The molecule has 0 saturated carbocycles. The van der Waals surface area contributed by atoms with Crippen LogP contribution in [-0.2, 0) is 0 Å². The molecular weight excluding hydrogens is 222 g/mol. The fourth-order valence-corrected chi connectivity index (χ4v) is 1.55. The number of rotatable bonds is 2. The summed E-state index contributed by atoms with van der Waals surface area (Å²) in [7, 11) is 0. The number of hydrogen-bond donors (Lipinski definition) is 1. The van der Waals surface area contributed by atoms with Crippen LogP contribution in [0.15, 0.2) is 35.4 Å². The average Bonchev–Trinajstić information content (AvgIpc) is 2.30. The van der Waals surface area contributed by atoms with Gasteiger partial charge in [-0.15, -0.1) is 0 Å². The fourth-order valence-electron chi connectivity index (χ4n) is 1.55. The highest BCUT2D eigenvalue weighted by atomic mass is 16.6. The summed E-state index contributed by atoms with van der Waals surface area (Å²) in [5, 5.41) is 10.7. The van der Waals surface area contributed by atoms with Crippen molar-refractivity contribution in [2.24, 2.45) is 0 Å². The minimum atomic E-state index is -0.708. The van der Waals surface area contributed by atoms with Crippen LogP contribution in [-0.4, -0.2) is 14.9 Å². The van der Waals surface area contributed by atoms with Crippen LogP contribution < -0.4 is 5.56 Å².